The van der Waals surface area contributed by atoms with Gasteiger partial charge in [-0.2, -0.15) is 0 Å². The van der Waals surface area contributed by atoms with Crippen LogP contribution in [0.5, 0.6) is 5.75 Å². The van der Waals surface area contributed by atoms with Crippen molar-refractivity contribution in [3.8, 4) is 5.75 Å². The predicted octanol–water partition coefficient (Wildman–Crippen LogP) is 4.59. The highest BCUT2D eigenvalue weighted by atomic mass is 79.9. The Kier molecular flexibility index (Phi) is 4.44. The van der Waals surface area contributed by atoms with Gasteiger partial charge in [-0.15, -0.1) is 4.91 Å². The summed E-state index contributed by atoms with van der Waals surface area (Å²) in [5.74, 6) is -0.942. The van der Waals surface area contributed by atoms with E-state index in [1.54, 1.807) is 6.07 Å². The molecule has 0 heterocycles. The lowest BCUT2D eigenvalue weighted by molar-refractivity contribution is 0.403. The number of methoxy groups -OCH3 is 1. The number of hydrogen-bond donors (Lipinski definition) is 0. The Labute approximate surface area is 122 Å². The first-order valence-electron chi connectivity index (χ1n) is 5.68. The van der Waals surface area contributed by atoms with E-state index < -0.39 is 17.7 Å². The van der Waals surface area contributed by atoms with Gasteiger partial charge in [-0.05, 0) is 34.1 Å². The summed E-state index contributed by atoms with van der Waals surface area (Å²) in [6.07, 6.45) is 0. The quantitative estimate of drug-likeness (QED) is 0.762. The Balaban J connectivity index is 2.58. The maximum absolute atomic E-state index is 14.1. The van der Waals surface area contributed by atoms with Crippen LogP contribution in [0.15, 0.2) is 46.0 Å². The van der Waals surface area contributed by atoms with E-state index in [-0.39, 0.29) is 15.8 Å². The fraction of sp³-hybridized carbons (Fsp3) is 0.143. The smallest absolute Gasteiger partial charge is 0.148 e. The molecule has 20 heavy (non-hydrogen) atoms. The van der Waals surface area contributed by atoms with Crippen molar-refractivity contribution < 1.29 is 13.5 Å². The lowest BCUT2D eigenvalue weighted by Crippen LogP contribution is -2.04. The molecular weight excluding hydrogens is 332 g/mol. The van der Waals surface area contributed by atoms with Gasteiger partial charge in [-0.25, -0.2) is 8.78 Å². The van der Waals surface area contributed by atoms with Crippen LogP contribution in [0.1, 0.15) is 17.2 Å². The molecular formula is C14H10BrF2NO2. The number of benzene rings is 2. The Hall–Kier alpha value is -1.82. The highest BCUT2D eigenvalue weighted by molar-refractivity contribution is 9.10. The van der Waals surface area contributed by atoms with E-state index in [0.29, 0.717) is 5.56 Å². The van der Waals surface area contributed by atoms with Crippen LogP contribution in [-0.4, -0.2) is 7.11 Å². The van der Waals surface area contributed by atoms with Crippen molar-refractivity contribution in [3.63, 3.8) is 0 Å². The second-order valence-corrected chi connectivity index (χ2v) is 4.89. The van der Waals surface area contributed by atoms with Gasteiger partial charge >= 0.3 is 0 Å². The molecule has 6 heteroatoms. The number of ether oxygens (including phenoxy) is 1. The van der Waals surface area contributed by atoms with Crippen LogP contribution >= 0.6 is 15.9 Å². The summed E-state index contributed by atoms with van der Waals surface area (Å²) >= 11 is 3.05. The third-order valence-corrected chi connectivity index (χ3v) is 3.48. The zero-order chi connectivity index (χ0) is 14.7. The lowest BCUT2D eigenvalue weighted by Gasteiger charge is -2.15. The molecule has 0 N–H and O–H groups in total. The molecule has 2 rings (SSSR count). The van der Waals surface area contributed by atoms with E-state index >= 15 is 0 Å². The van der Waals surface area contributed by atoms with E-state index in [2.05, 4.69) is 21.1 Å². The zero-order valence-electron chi connectivity index (χ0n) is 10.4. The minimum Gasteiger partial charge on any atom is -0.496 e. The molecule has 1 atom stereocenters. The molecule has 0 fully saturated rings. The van der Waals surface area contributed by atoms with Crippen molar-refractivity contribution in [2.75, 3.05) is 7.11 Å². The SMILES string of the molecule is COc1cc(F)ccc1C(N=O)c1cccc(Br)c1F. The maximum Gasteiger partial charge on any atom is 0.148 e. The predicted molar refractivity (Wildman–Crippen MR) is 74.7 cm³/mol. The third-order valence-electron chi connectivity index (χ3n) is 2.87. The van der Waals surface area contributed by atoms with Crippen LogP contribution < -0.4 is 4.74 Å². The Morgan fingerprint density at radius 1 is 1.20 bits per heavy atom. The highest BCUT2D eigenvalue weighted by Gasteiger charge is 2.23. The molecule has 0 saturated heterocycles. The Bertz CT molecular complexity index is 649. The molecule has 0 saturated carbocycles. The molecule has 2 aromatic rings. The first-order valence-corrected chi connectivity index (χ1v) is 6.47. The van der Waals surface area contributed by atoms with Gasteiger partial charge in [0.1, 0.15) is 23.4 Å². The standard InChI is InChI=1S/C14H10BrF2NO2/c1-20-12-7-8(16)5-6-9(12)14(18-19)10-3-2-4-11(15)13(10)17/h2-7,14H,1H3. The fourth-order valence-electron chi connectivity index (χ4n) is 1.92. The van der Waals surface area contributed by atoms with Crippen molar-refractivity contribution in [2.24, 2.45) is 5.18 Å². The molecule has 3 nitrogen and oxygen atoms in total. The first kappa shape index (κ1) is 14.6. The second kappa shape index (κ2) is 6.09. The van der Waals surface area contributed by atoms with Gasteiger partial charge in [0.2, 0.25) is 0 Å². The van der Waals surface area contributed by atoms with E-state index in [1.165, 1.54) is 31.4 Å². The van der Waals surface area contributed by atoms with Crippen molar-refractivity contribution in [1.82, 2.24) is 0 Å². The molecule has 0 aliphatic carbocycles. The number of hydrogen-bond acceptors (Lipinski definition) is 3. The van der Waals surface area contributed by atoms with Gasteiger partial charge in [-0.1, -0.05) is 17.3 Å². The van der Waals surface area contributed by atoms with E-state index in [0.717, 1.165) is 6.07 Å². The summed E-state index contributed by atoms with van der Waals surface area (Å²) in [5, 5.41) is 2.96. The molecule has 1 unspecified atom stereocenters. The molecule has 0 spiro atoms. The monoisotopic (exact) mass is 341 g/mol. The molecule has 0 amide bonds. The van der Waals surface area contributed by atoms with Crippen molar-refractivity contribution in [1.29, 1.82) is 0 Å². The van der Waals surface area contributed by atoms with Gasteiger partial charge < -0.3 is 4.74 Å². The van der Waals surface area contributed by atoms with Crippen LogP contribution in [-0.2, 0) is 0 Å². The van der Waals surface area contributed by atoms with Crippen LogP contribution in [0.2, 0.25) is 0 Å². The molecule has 2 aromatic carbocycles. The summed E-state index contributed by atoms with van der Waals surface area (Å²) in [6, 6.07) is 7.12. The average molecular weight is 342 g/mol. The molecule has 0 aliphatic heterocycles. The molecule has 0 radical (unpaired) electrons. The summed E-state index contributed by atoms with van der Waals surface area (Å²) < 4.78 is 32.5. The van der Waals surface area contributed by atoms with E-state index in [1.807, 2.05) is 0 Å². The largest absolute Gasteiger partial charge is 0.496 e. The van der Waals surface area contributed by atoms with Gasteiger partial charge in [-0.3, -0.25) is 0 Å². The topological polar surface area (TPSA) is 38.7 Å². The van der Waals surface area contributed by atoms with Crippen LogP contribution in [0.3, 0.4) is 0 Å². The van der Waals surface area contributed by atoms with Crippen LogP contribution in [0.4, 0.5) is 8.78 Å². The van der Waals surface area contributed by atoms with Crippen LogP contribution in [0, 0.1) is 16.5 Å². The average Bonchev–Trinajstić information content (AvgIpc) is 2.45. The number of nitroso groups, excluding NO2 is 1. The van der Waals surface area contributed by atoms with Crippen molar-refractivity contribution in [2.45, 2.75) is 6.04 Å². The molecule has 0 bridgehead atoms. The highest BCUT2D eigenvalue weighted by Crippen LogP contribution is 2.36. The maximum atomic E-state index is 14.1. The number of rotatable bonds is 4. The Morgan fingerprint density at radius 2 is 1.95 bits per heavy atom. The minimum absolute atomic E-state index is 0.0966. The summed E-state index contributed by atoms with van der Waals surface area (Å²) in [5.41, 5.74) is 0.403. The first-order chi connectivity index (χ1) is 9.58. The summed E-state index contributed by atoms with van der Waals surface area (Å²) in [4.78, 5) is 11.1. The van der Waals surface area contributed by atoms with Gasteiger partial charge in [0.15, 0.2) is 0 Å². The van der Waals surface area contributed by atoms with Gasteiger partial charge in [0, 0.05) is 17.2 Å². The second-order valence-electron chi connectivity index (χ2n) is 4.04. The van der Waals surface area contributed by atoms with Crippen LogP contribution in [0.25, 0.3) is 0 Å². The van der Waals surface area contributed by atoms with Crippen molar-refractivity contribution >= 4 is 15.9 Å². The van der Waals surface area contributed by atoms with E-state index in [4.69, 9.17) is 4.74 Å². The fourth-order valence-corrected chi connectivity index (χ4v) is 2.31. The number of nitrogens with zero attached hydrogens (tertiary/aromatic N) is 1. The molecule has 0 aliphatic rings. The lowest BCUT2D eigenvalue weighted by atomic mass is 9.98. The Morgan fingerprint density at radius 3 is 2.60 bits per heavy atom. The molecule has 0 aromatic heterocycles. The summed E-state index contributed by atoms with van der Waals surface area (Å²) in [6.45, 7) is 0. The zero-order valence-corrected chi connectivity index (χ0v) is 12.0. The minimum atomic E-state index is -1.11. The third kappa shape index (κ3) is 2.70. The van der Waals surface area contributed by atoms with Crippen molar-refractivity contribution in [3.05, 3.63) is 68.5 Å². The summed E-state index contributed by atoms with van der Waals surface area (Å²) in [7, 11) is 1.34. The number of halogens is 3. The van der Waals surface area contributed by atoms with E-state index in [9.17, 15) is 13.7 Å². The van der Waals surface area contributed by atoms with Gasteiger partial charge in [0.05, 0.1) is 11.6 Å². The molecule has 104 valence electrons. The normalized spacial score (nSPS) is 12.0. The van der Waals surface area contributed by atoms with Gasteiger partial charge in [0.25, 0.3) is 0 Å².